The number of carbonyl (C=O) groups excluding carboxylic acids is 2. The Hall–Kier alpha value is -5.96. The molecule has 8 rings (SSSR count). The van der Waals surface area contributed by atoms with Gasteiger partial charge in [0.25, 0.3) is 11.8 Å². The second kappa shape index (κ2) is 12.3. The van der Waals surface area contributed by atoms with Gasteiger partial charge < -0.3 is 19.8 Å². The molecule has 11 nitrogen and oxygen atoms in total. The van der Waals surface area contributed by atoms with E-state index in [-0.39, 0.29) is 41.4 Å². The van der Waals surface area contributed by atoms with Crippen LogP contribution < -0.4 is 0 Å². The highest BCUT2D eigenvalue weighted by atomic mass is 19.1. The Labute approximate surface area is 275 Å². The van der Waals surface area contributed by atoms with Crippen LogP contribution in [0, 0.1) is 24.1 Å². The molecule has 2 aliphatic rings. The number of fused-ring (bicyclic) bond motifs is 4. The van der Waals surface area contributed by atoms with Crippen molar-refractivity contribution in [1.82, 2.24) is 39.7 Å². The van der Waals surface area contributed by atoms with Crippen LogP contribution in [0.2, 0.25) is 0 Å². The molecule has 2 aliphatic heterocycles. The number of halogens is 1. The molecule has 0 radical (unpaired) electrons. The Kier molecular flexibility index (Phi) is 7.88. The van der Waals surface area contributed by atoms with Crippen molar-refractivity contribution in [2.75, 3.05) is 13.1 Å². The minimum atomic E-state index is -0.339. The first-order chi connectivity index (χ1) is 23.2. The molecule has 6 heterocycles. The molecule has 0 fully saturated rings. The van der Waals surface area contributed by atoms with Crippen LogP contribution in [0.3, 0.4) is 0 Å². The molecule has 0 bridgehead atoms. The number of nitrogens with zero attached hydrogens (tertiary/aromatic N) is 7. The maximum Gasteiger partial charge on any atom is 0.290 e. The second-order valence-corrected chi connectivity index (χ2v) is 12.0. The molecule has 6 aromatic rings. The van der Waals surface area contributed by atoms with Crippen molar-refractivity contribution in [3.8, 4) is 6.07 Å². The van der Waals surface area contributed by atoms with E-state index in [0.717, 1.165) is 35.4 Å². The zero-order valence-electron chi connectivity index (χ0n) is 26.7. The van der Waals surface area contributed by atoms with Crippen LogP contribution in [0.15, 0.2) is 67.0 Å². The molecule has 2 aromatic carbocycles. The second-order valence-electron chi connectivity index (χ2n) is 12.0. The van der Waals surface area contributed by atoms with Gasteiger partial charge in [0, 0.05) is 49.7 Å². The fourth-order valence-corrected chi connectivity index (χ4v) is 6.65. The summed E-state index contributed by atoms with van der Waals surface area (Å²) in [5.74, 6) is -0.149. The lowest BCUT2D eigenvalue weighted by Crippen LogP contribution is -2.39. The minimum Gasteiger partial charge on any atom is -0.334 e. The van der Waals surface area contributed by atoms with Gasteiger partial charge >= 0.3 is 0 Å². The van der Waals surface area contributed by atoms with Crippen molar-refractivity contribution >= 4 is 33.9 Å². The van der Waals surface area contributed by atoms with Gasteiger partial charge in [0.1, 0.15) is 17.4 Å². The largest absolute Gasteiger partial charge is 0.334 e. The Balaban J connectivity index is 0.000000152. The average Bonchev–Trinajstić information content (AvgIpc) is 3.74. The summed E-state index contributed by atoms with van der Waals surface area (Å²) >= 11 is 0. The van der Waals surface area contributed by atoms with Crippen LogP contribution in [-0.2, 0) is 12.8 Å². The number of hydrogen-bond donors (Lipinski definition) is 2. The van der Waals surface area contributed by atoms with Crippen LogP contribution in [0.5, 0.6) is 0 Å². The third-order valence-electron chi connectivity index (χ3n) is 9.17. The SMILES string of the molecule is CC1c2cccnc2CCN1C(=O)c1nc2c(C#N)cccc2[nH]1.Cc1cc(F)cc2[nH]c(C(=O)N3CCc4ncccc4C3C)nc12. The van der Waals surface area contributed by atoms with Crippen LogP contribution in [-0.4, -0.2) is 64.6 Å². The smallest absolute Gasteiger partial charge is 0.290 e. The number of carbonyl (C=O) groups is 2. The van der Waals surface area contributed by atoms with Crippen molar-refractivity contribution in [3.63, 3.8) is 0 Å². The van der Waals surface area contributed by atoms with E-state index in [4.69, 9.17) is 0 Å². The highest BCUT2D eigenvalue weighted by Crippen LogP contribution is 2.31. The van der Waals surface area contributed by atoms with Crippen LogP contribution in [0.4, 0.5) is 4.39 Å². The fraction of sp³-hybridized carbons (Fsp3) is 0.250. The molecule has 0 saturated carbocycles. The standard InChI is InChI=1S/C18H17FN4O.C18H15N5O/c1-10-8-12(19)9-15-16(10)22-17(21-15)18(24)23-7-5-14-13(11(23)2)4-3-6-20-14;1-11-13-5-3-8-20-14(13)7-9-23(11)18(24)17-21-15-6-2-4-12(10-19)16(15)22-17/h3-4,6,8-9,11H,5,7H2,1-2H3,(H,21,22);2-6,8,11H,7,9H2,1H3,(H,21,22). The molecular weight excluding hydrogens is 609 g/mol. The lowest BCUT2D eigenvalue weighted by Gasteiger charge is -2.34. The quantitative estimate of drug-likeness (QED) is 0.245. The maximum atomic E-state index is 13.5. The number of hydrogen-bond acceptors (Lipinski definition) is 7. The number of benzene rings is 2. The van der Waals surface area contributed by atoms with E-state index < -0.39 is 0 Å². The van der Waals surface area contributed by atoms with Crippen molar-refractivity contribution in [1.29, 1.82) is 5.26 Å². The topological polar surface area (TPSA) is 148 Å². The number of para-hydroxylation sites is 1. The summed E-state index contributed by atoms with van der Waals surface area (Å²) in [5, 5.41) is 9.18. The van der Waals surface area contributed by atoms with Crippen molar-refractivity contribution in [3.05, 3.63) is 118 Å². The van der Waals surface area contributed by atoms with E-state index in [0.29, 0.717) is 46.3 Å². The van der Waals surface area contributed by atoms with Gasteiger partial charge in [0.05, 0.1) is 34.2 Å². The normalized spacial score (nSPS) is 16.9. The van der Waals surface area contributed by atoms with Crippen LogP contribution in [0.25, 0.3) is 22.1 Å². The summed E-state index contributed by atoms with van der Waals surface area (Å²) in [4.78, 5) is 52.9. The number of nitrogens with one attached hydrogen (secondary N) is 2. The molecule has 12 heteroatoms. The number of aromatic nitrogens is 6. The minimum absolute atomic E-state index is 0.0569. The Bertz CT molecular complexity index is 2250. The van der Waals surface area contributed by atoms with E-state index in [1.165, 1.54) is 12.1 Å². The Morgan fingerprint density at radius 2 is 1.38 bits per heavy atom. The van der Waals surface area contributed by atoms with E-state index in [9.17, 15) is 19.2 Å². The molecule has 2 amide bonds. The first-order valence-corrected chi connectivity index (χ1v) is 15.8. The summed E-state index contributed by atoms with van der Waals surface area (Å²) in [6.07, 6.45) is 5.02. The van der Waals surface area contributed by atoms with E-state index in [1.807, 2.05) is 44.2 Å². The molecule has 2 N–H and O–H groups in total. The molecule has 2 unspecified atom stereocenters. The number of H-pyrrole nitrogens is 2. The van der Waals surface area contributed by atoms with Gasteiger partial charge in [-0.05, 0) is 73.9 Å². The van der Waals surface area contributed by atoms with Gasteiger partial charge in [-0.3, -0.25) is 19.6 Å². The van der Waals surface area contributed by atoms with Gasteiger partial charge in [-0.1, -0.05) is 18.2 Å². The average molecular weight is 642 g/mol. The zero-order valence-corrected chi connectivity index (χ0v) is 26.7. The molecule has 0 spiro atoms. The van der Waals surface area contributed by atoms with Crippen LogP contribution in [0.1, 0.15) is 80.8 Å². The number of rotatable bonds is 2. The van der Waals surface area contributed by atoms with E-state index >= 15 is 0 Å². The Morgan fingerprint density at radius 3 is 1.96 bits per heavy atom. The highest BCUT2D eigenvalue weighted by Gasteiger charge is 2.32. The van der Waals surface area contributed by atoms with E-state index in [1.54, 1.807) is 41.2 Å². The van der Waals surface area contributed by atoms with Crippen molar-refractivity contribution in [2.45, 2.75) is 45.7 Å². The molecular formula is C36H32FN9O2. The van der Waals surface area contributed by atoms with Crippen molar-refractivity contribution < 1.29 is 14.0 Å². The lowest BCUT2D eigenvalue weighted by molar-refractivity contribution is 0.0657. The molecule has 240 valence electrons. The lowest BCUT2D eigenvalue weighted by atomic mass is 9.98. The number of nitriles is 1. The molecule has 0 saturated heterocycles. The predicted molar refractivity (Wildman–Crippen MR) is 176 cm³/mol. The molecule has 4 aromatic heterocycles. The van der Waals surface area contributed by atoms with E-state index in [2.05, 4.69) is 36.0 Å². The fourth-order valence-electron chi connectivity index (χ4n) is 6.65. The third-order valence-corrected chi connectivity index (χ3v) is 9.17. The monoisotopic (exact) mass is 641 g/mol. The Morgan fingerprint density at radius 1 is 0.812 bits per heavy atom. The van der Waals surface area contributed by atoms with Gasteiger partial charge in [-0.25, -0.2) is 14.4 Å². The van der Waals surface area contributed by atoms with Gasteiger partial charge in [-0.15, -0.1) is 0 Å². The number of aromatic amines is 2. The summed E-state index contributed by atoms with van der Waals surface area (Å²) < 4.78 is 13.5. The third kappa shape index (κ3) is 5.43. The highest BCUT2D eigenvalue weighted by molar-refractivity contribution is 5.96. The number of aryl methyl sites for hydroxylation is 1. The summed E-state index contributed by atoms with van der Waals surface area (Å²) in [6.45, 7) is 6.97. The summed E-state index contributed by atoms with van der Waals surface area (Å²) in [6, 6.07) is 17.9. The zero-order chi connectivity index (χ0) is 33.5. The summed E-state index contributed by atoms with van der Waals surface area (Å²) in [7, 11) is 0. The first-order valence-electron chi connectivity index (χ1n) is 15.8. The summed E-state index contributed by atoms with van der Waals surface area (Å²) in [5.41, 5.74) is 7.81. The van der Waals surface area contributed by atoms with Gasteiger partial charge in [0.15, 0.2) is 11.6 Å². The molecule has 2 atom stereocenters. The molecule has 0 aliphatic carbocycles. The number of imidazole rings is 2. The number of pyridine rings is 2. The first kappa shape index (κ1) is 30.7. The van der Waals surface area contributed by atoms with Gasteiger partial charge in [-0.2, -0.15) is 5.26 Å². The molecule has 48 heavy (non-hydrogen) atoms. The maximum absolute atomic E-state index is 13.5. The predicted octanol–water partition coefficient (Wildman–Crippen LogP) is 5.75. The van der Waals surface area contributed by atoms with Crippen LogP contribution >= 0.6 is 0 Å². The van der Waals surface area contributed by atoms with Gasteiger partial charge in [0.2, 0.25) is 0 Å². The van der Waals surface area contributed by atoms with Crippen molar-refractivity contribution in [2.24, 2.45) is 0 Å². The number of amides is 2.